The fraction of sp³-hybridized carbons (Fsp3) is 0.136. The quantitative estimate of drug-likeness (QED) is 0.565. The second-order valence-corrected chi connectivity index (χ2v) is 6.89. The van der Waals surface area contributed by atoms with Crippen LogP contribution in [0.1, 0.15) is 37.4 Å². The molecule has 2 aliphatic rings. The molecule has 1 N–H and O–H groups in total. The van der Waals surface area contributed by atoms with Crippen molar-refractivity contribution in [3.8, 4) is 11.5 Å². The van der Waals surface area contributed by atoms with Crippen molar-refractivity contribution in [2.75, 3.05) is 7.11 Å². The first kappa shape index (κ1) is 16.5. The summed E-state index contributed by atoms with van der Waals surface area (Å²) in [6.45, 7) is 0. The highest BCUT2D eigenvalue weighted by atomic mass is 16.5. The molecule has 0 spiro atoms. The molecule has 2 amide bonds. The lowest BCUT2D eigenvalue weighted by Gasteiger charge is -2.23. The van der Waals surface area contributed by atoms with Crippen LogP contribution in [0.25, 0.3) is 10.8 Å². The van der Waals surface area contributed by atoms with Gasteiger partial charge in [0.05, 0.1) is 24.5 Å². The van der Waals surface area contributed by atoms with Crippen LogP contribution >= 0.6 is 0 Å². The third kappa shape index (κ3) is 2.24. The van der Waals surface area contributed by atoms with E-state index in [9.17, 15) is 14.7 Å². The Balaban J connectivity index is 1.58. The number of hydrogen-bond acceptors (Lipinski definition) is 5. The van der Waals surface area contributed by atoms with E-state index in [1.54, 1.807) is 24.3 Å². The van der Waals surface area contributed by atoms with Gasteiger partial charge in [-0.25, -0.2) is 0 Å². The van der Waals surface area contributed by atoms with Crippen LogP contribution in [0.4, 0.5) is 0 Å². The first-order valence-corrected chi connectivity index (χ1v) is 8.95. The fourth-order valence-corrected chi connectivity index (χ4v) is 4.01. The SMILES string of the molecule is COc1cc(/C=N\N2C(=O)c3ccc4c5c(ccc(c35)C2=O)CC4)ccc1O. The number of aromatic hydroxyl groups is 1. The minimum absolute atomic E-state index is 0.00232. The van der Waals surface area contributed by atoms with Crippen molar-refractivity contribution in [1.82, 2.24) is 5.01 Å². The summed E-state index contributed by atoms with van der Waals surface area (Å²) in [6.07, 6.45) is 3.27. The standard InChI is InChI=1S/C22H16N2O4/c1-28-18-10-12(2-9-17(18)25)11-23-24-21(26)15-7-5-13-3-4-14-6-8-16(22(24)27)20(15)19(13)14/h2,5-11,25H,3-4H2,1H3/b23-11-. The van der Waals surface area contributed by atoms with Crippen molar-refractivity contribution in [2.24, 2.45) is 5.10 Å². The Bertz CT molecular complexity index is 1150. The summed E-state index contributed by atoms with van der Waals surface area (Å²) in [5.74, 6) is -0.582. The van der Waals surface area contributed by atoms with Gasteiger partial charge in [0.15, 0.2) is 11.5 Å². The molecule has 3 aromatic carbocycles. The molecule has 6 nitrogen and oxygen atoms in total. The van der Waals surface area contributed by atoms with Crippen LogP contribution in [0.2, 0.25) is 0 Å². The van der Waals surface area contributed by atoms with Crippen molar-refractivity contribution in [3.05, 3.63) is 70.3 Å². The summed E-state index contributed by atoms with van der Waals surface area (Å²) in [4.78, 5) is 26.0. The maximum Gasteiger partial charge on any atom is 0.282 e. The molecule has 28 heavy (non-hydrogen) atoms. The number of benzene rings is 3. The Morgan fingerprint density at radius 2 is 1.61 bits per heavy atom. The van der Waals surface area contributed by atoms with Crippen LogP contribution in [0.3, 0.4) is 0 Å². The average Bonchev–Trinajstić information content (AvgIpc) is 3.13. The number of imide groups is 1. The lowest BCUT2D eigenvalue weighted by molar-refractivity contribution is 0.0616. The van der Waals surface area contributed by atoms with Crippen molar-refractivity contribution in [3.63, 3.8) is 0 Å². The zero-order chi connectivity index (χ0) is 19.4. The number of methoxy groups -OCH3 is 1. The molecule has 1 aliphatic carbocycles. The fourth-order valence-electron chi connectivity index (χ4n) is 4.01. The average molecular weight is 372 g/mol. The molecule has 0 atom stereocenters. The van der Waals surface area contributed by atoms with Crippen molar-refractivity contribution in [1.29, 1.82) is 0 Å². The summed E-state index contributed by atoms with van der Waals surface area (Å²) in [5.41, 5.74) is 3.96. The minimum Gasteiger partial charge on any atom is -0.504 e. The van der Waals surface area contributed by atoms with Crippen LogP contribution in [0.5, 0.6) is 11.5 Å². The molecule has 6 heteroatoms. The van der Waals surface area contributed by atoms with Crippen molar-refractivity contribution < 1.29 is 19.4 Å². The van der Waals surface area contributed by atoms with E-state index in [2.05, 4.69) is 5.10 Å². The Labute approximate surface area is 160 Å². The van der Waals surface area contributed by atoms with E-state index >= 15 is 0 Å². The molecular formula is C22H16N2O4. The summed E-state index contributed by atoms with van der Waals surface area (Å²) in [7, 11) is 1.44. The third-order valence-corrected chi connectivity index (χ3v) is 5.37. The van der Waals surface area contributed by atoms with E-state index in [1.165, 1.54) is 30.5 Å². The number of rotatable bonds is 3. The molecule has 0 saturated heterocycles. The summed E-state index contributed by atoms with van der Waals surface area (Å²) < 4.78 is 5.07. The second-order valence-electron chi connectivity index (χ2n) is 6.89. The number of amides is 2. The van der Waals surface area contributed by atoms with E-state index in [4.69, 9.17) is 4.74 Å². The first-order chi connectivity index (χ1) is 13.6. The Hall–Kier alpha value is -3.67. The van der Waals surface area contributed by atoms with Crippen LogP contribution in [0, 0.1) is 0 Å². The zero-order valence-electron chi connectivity index (χ0n) is 15.1. The summed E-state index contributed by atoms with van der Waals surface area (Å²) in [5, 5.41) is 16.5. The predicted molar refractivity (Wildman–Crippen MR) is 104 cm³/mol. The smallest absolute Gasteiger partial charge is 0.282 e. The van der Waals surface area contributed by atoms with Gasteiger partial charge >= 0.3 is 0 Å². The number of carbonyl (C=O) groups is 2. The maximum absolute atomic E-state index is 13.0. The number of hydrazone groups is 1. The van der Waals surface area contributed by atoms with Gasteiger partial charge in [0, 0.05) is 5.39 Å². The van der Waals surface area contributed by atoms with Crippen LogP contribution < -0.4 is 4.74 Å². The molecule has 1 heterocycles. The van der Waals surface area contributed by atoms with E-state index in [1.807, 2.05) is 12.1 Å². The third-order valence-electron chi connectivity index (χ3n) is 5.37. The van der Waals surface area contributed by atoms with Gasteiger partial charge in [-0.2, -0.15) is 10.1 Å². The number of nitrogens with zero attached hydrogens (tertiary/aromatic N) is 2. The van der Waals surface area contributed by atoms with E-state index in [-0.39, 0.29) is 11.5 Å². The molecule has 0 aromatic heterocycles. The summed E-state index contributed by atoms with van der Waals surface area (Å²) >= 11 is 0. The molecule has 138 valence electrons. The molecule has 0 fully saturated rings. The van der Waals surface area contributed by atoms with Gasteiger partial charge in [-0.1, -0.05) is 12.1 Å². The monoisotopic (exact) mass is 372 g/mol. The highest BCUT2D eigenvalue weighted by Gasteiger charge is 2.35. The number of hydrogen-bond donors (Lipinski definition) is 1. The van der Waals surface area contributed by atoms with Gasteiger partial charge in [0.1, 0.15) is 0 Å². The molecule has 5 rings (SSSR count). The normalized spacial score (nSPS) is 15.1. The highest BCUT2D eigenvalue weighted by molar-refractivity contribution is 6.26. The first-order valence-electron chi connectivity index (χ1n) is 8.95. The van der Waals surface area contributed by atoms with Crippen LogP contribution in [-0.2, 0) is 12.8 Å². The number of phenolic OH excluding ortho intramolecular Hbond substituents is 1. The molecular weight excluding hydrogens is 356 g/mol. The Morgan fingerprint density at radius 1 is 0.964 bits per heavy atom. The molecule has 3 aromatic rings. The number of ether oxygens (including phenoxy) is 1. The maximum atomic E-state index is 13.0. The van der Waals surface area contributed by atoms with Gasteiger partial charge < -0.3 is 9.84 Å². The van der Waals surface area contributed by atoms with E-state index < -0.39 is 11.8 Å². The number of carbonyl (C=O) groups excluding carboxylic acids is 2. The van der Waals surface area contributed by atoms with Gasteiger partial charge in [-0.05, 0) is 65.3 Å². The molecule has 0 radical (unpaired) electrons. The van der Waals surface area contributed by atoms with E-state index in [0.29, 0.717) is 16.7 Å². The van der Waals surface area contributed by atoms with Crippen molar-refractivity contribution >= 4 is 28.8 Å². The number of phenols is 1. The van der Waals surface area contributed by atoms with Crippen LogP contribution in [-0.4, -0.2) is 35.3 Å². The van der Waals surface area contributed by atoms with E-state index in [0.717, 1.165) is 28.6 Å². The van der Waals surface area contributed by atoms with Gasteiger partial charge in [0.25, 0.3) is 11.8 Å². The Morgan fingerprint density at radius 3 is 2.21 bits per heavy atom. The summed E-state index contributed by atoms with van der Waals surface area (Å²) in [6, 6.07) is 12.2. The van der Waals surface area contributed by atoms with Gasteiger partial charge in [0.2, 0.25) is 0 Å². The van der Waals surface area contributed by atoms with Crippen LogP contribution in [0.15, 0.2) is 47.6 Å². The van der Waals surface area contributed by atoms with Gasteiger partial charge in [-0.3, -0.25) is 9.59 Å². The molecule has 1 aliphatic heterocycles. The highest BCUT2D eigenvalue weighted by Crippen LogP contribution is 2.38. The number of aryl methyl sites for hydroxylation is 2. The topological polar surface area (TPSA) is 79.2 Å². The zero-order valence-corrected chi connectivity index (χ0v) is 15.1. The van der Waals surface area contributed by atoms with Gasteiger partial charge in [-0.15, -0.1) is 0 Å². The minimum atomic E-state index is -0.435. The van der Waals surface area contributed by atoms with Crippen molar-refractivity contribution in [2.45, 2.75) is 12.8 Å². The lowest BCUT2D eigenvalue weighted by Crippen LogP contribution is -2.36. The molecule has 0 bridgehead atoms. The molecule has 0 saturated carbocycles. The molecule has 0 unspecified atom stereocenters. The largest absolute Gasteiger partial charge is 0.504 e. The predicted octanol–water partition coefficient (Wildman–Crippen LogP) is 3.28. The lowest BCUT2D eigenvalue weighted by atomic mass is 9.92. The Kier molecular flexibility index (Phi) is 3.49. The second kappa shape index (κ2) is 5.92.